The molecule has 3 nitrogen and oxygen atoms in total. The number of aromatic nitrogens is 1. The predicted molar refractivity (Wildman–Crippen MR) is 43.5 cm³/mol. The van der Waals surface area contributed by atoms with E-state index in [-0.39, 0.29) is 0 Å². The van der Waals surface area contributed by atoms with Crippen LogP contribution in [0.1, 0.15) is 11.3 Å². The fourth-order valence-electron chi connectivity index (χ4n) is 0.922. The molecule has 58 valence electrons. The number of pyridine rings is 1. The Bertz CT molecular complexity index is 263. The van der Waals surface area contributed by atoms with Gasteiger partial charge in [0.2, 0.25) is 0 Å². The first-order valence-corrected chi connectivity index (χ1v) is 3.40. The fourth-order valence-corrected chi connectivity index (χ4v) is 0.922. The Morgan fingerprint density at radius 2 is 2.00 bits per heavy atom. The summed E-state index contributed by atoms with van der Waals surface area (Å²) in [5, 5.41) is 17.7. The van der Waals surface area contributed by atoms with E-state index in [9.17, 15) is 0 Å². The van der Waals surface area contributed by atoms with Crippen molar-refractivity contribution in [1.29, 1.82) is 0 Å². The highest BCUT2D eigenvalue weighted by atomic mass is 16.4. The summed E-state index contributed by atoms with van der Waals surface area (Å²) < 4.78 is 0. The zero-order valence-electron chi connectivity index (χ0n) is 6.57. The molecule has 0 fully saturated rings. The summed E-state index contributed by atoms with van der Waals surface area (Å²) in [6.07, 6.45) is 1.70. The molecule has 0 saturated carbocycles. The van der Waals surface area contributed by atoms with Gasteiger partial charge in [0.25, 0.3) is 0 Å². The van der Waals surface area contributed by atoms with Gasteiger partial charge in [-0.25, -0.2) is 0 Å². The Morgan fingerprint density at radius 3 is 2.45 bits per heavy atom. The van der Waals surface area contributed by atoms with Crippen LogP contribution >= 0.6 is 0 Å². The van der Waals surface area contributed by atoms with E-state index < -0.39 is 7.12 Å². The lowest BCUT2D eigenvalue weighted by Gasteiger charge is -2.03. The van der Waals surface area contributed by atoms with Crippen LogP contribution in [-0.4, -0.2) is 22.2 Å². The van der Waals surface area contributed by atoms with E-state index in [4.69, 9.17) is 10.0 Å². The third kappa shape index (κ3) is 1.79. The molecule has 0 saturated heterocycles. The quantitative estimate of drug-likeness (QED) is 0.525. The molecular formula is C7H10BNO2. The molecule has 0 radical (unpaired) electrons. The molecule has 0 aliphatic carbocycles. The molecule has 0 bridgehead atoms. The Labute approximate surface area is 65.9 Å². The summed E-state index contributed by atoms with van der Waals surface area (Å²) in [6, 6.07) is 1.72. The second-order valence-corrected chi connectivity index (χ2v) is 2.56. The lowest BCUT2D eigenvalue weighted by molar-refractivity contribution is 0.425. The van der Waals surface area contributed by atoms with Gasteiger partial charge in [0.05, 0.1) is 0 Å². The minimum atomic E-state index is -1.41. The fraction of sp³-hybridized carbons (Fsp3) is 0.286. The highest BCUT2D eigenvalue weighted by Gasteiger charge is 2.14. The number of aryl methyl sites for hydroxylation is 2. The summed E-state index contributed by atoms with van der Waals surface area (Å²) in [6.45, 7) is 3.60. The maximum atomic E-state index is 8.84. The molecule has 0 aromatic carbocycles. The van der Waals surface area contributed by atoms with E-state index >= 15 is 0 Å². The molecular weight excluding hydrogens is 141 g/mol. The smallest absolute Gasteiger partial charge is 0.423 e. The van der Waals surface area contributed by atoms with Crippen LogP contribution in [0.25, 0.3) is 0 Å². The molecule has 0 atom stereocenters. The van der Waals surface area contributed by atoms with Gasteiger partial charge in [0.1, 0.15) is 0 Å². The minimum Gasteiger partial charge on any atom is -0.423 e. The first-order chi connectivity index (χ1) is 5.11. The molecule has 0 unspecified atom stereocenters. The van der Waals surface area contributed by atoms with Gasteiger partial charge in [-0.1, -0.05) is 6.07 Å². The van der Waals surface area contributed by atoms with E-state index in [1.54, 1.807) is 19.2 Å². The van der Waals surface area contributed by atoms with Crippen LogP contribution in [0.5, 0.6) is 0 Å². The number of rotatable bonds is 1. The van der Waals surface area contributed by atoms with Gasteiger partial charge >= 0.3 is 7.12 Å². The van der Waals surface area contributed by atoms with E-state index in [0.717, 1.165) is 5.56 Å². The van der Waals surface area contributed by atoms with Crippen molar-refractivity contribution < 1.29 is 10.0 Å². The van der Waals surface area contributed by atoms with Crippen molar-refractivity contribution in [3.8, 4) is 0 Å². The molecule has 0 spiro atoms. The Hall–Kier alpha value is -0.865. The standard InChI is InChI=1S/C7H10BNO2/c1-5-3-7(8(10)11)6(2)9-4-5/h3-4,10-11H,1-2H3. The molecule has 1 aromatic rings. The van der Waals surface area contributed by atoms with Crippen molar-refractivity contribution in [1.82, 2.24) is 4.98 Å². The lowest BCUT2D eigenvalue weighted by atomic mass is 9.79. The summed E-state index contributed by atoms with van der Waals surface area (Å²) in [4.78, 5) is 3.98. The normalized spacial score (nSPS) is 9.82. The van der Waals surface area contributed by atoms with Crippen LogP contribution in [0.2, 0.25) is 0 Å². The molecule has 1 rings (SSSR count). The zero-order valence-corrected chi connectivity index (χ0v) is 6.57. The van der Waals surface area contributed by atoms with Crippen molar-refractivity contribution in [2.24, 2.45) is 0 Å². The third-order valence-corrected chi connectivity index (χ3v) is 1.54. The van der Waals surface area contributed by atoms with Crippen LogP contribution < -0.4 is 5.46 Å². The maximum Gasteiger partial charge on any atom is 0.490 e. The summed E-state index contributed by atoms with van der Waals surface area (Å²) in [5.41, 5.74) is 2.06. The van der Waals surface area contributed by atoms with Crippen molar-refractivity contribution in [3.05, 3.63) is 23.5 Å². The summed E-state index contributed by atoms with van der Waals surface area (Å²) in [7, 11) is -1.41. The topological polar surface area (TPSA) is 53.4 Å². The monoisotopic (exact) mass is 151 g/mol. The van der Waals surface area contributed by atoms with Crippen molar-refractivity contribution in [3.63, 3.8) is 0 Å². The second kappa shape index (κ2) is 3.03. The molecule has 11 heavy (non-hydrogen) atoms. The number of nitrogens with zero attached hydrogens (tertiary/aromatic N) is 1. The number of hydrogen-bond acceptors (Lipinski definition) is 3. The van der Waals surface area contributed by atoms with Gasteiger partial charge in [-0.15, -0.1) is 0 Å². The summed E-state index contributed by atoms with van der Waals surface area (Å²) in [5.74, 6) is 0. The molecule has 0 aliphatic heterocycles. The zero-order chi connectivity index (χ0) is 8.43. The van der Waals surface area contributed by atoms with Gasteiger partial charge in [0, 0.05) is 17.4 Å². The Balaban J connectivity index is 3.13. The second-order valence-electron chi connectivity index (χ2n) is 2.56. The van der Waals surface area contributed by atoms with Gasteiger partial charge in [-0.05, 0) is 19.4 Å². The van der Waals surface area contributed by atoms with Crippen LogP contribution in [0, 0.1) is 13.8 Å². The maximum absolute atomic E-state index is 8.84. The van der Waals surface area contributed by atoms with Gasteiger partial charge in [-0.3, -0.25) is 4.98 Å². The van der Waals surface area contributed by atoms with Crippen LogP contribution in [0.4, 0.5) is 0 Å². The molecule has 1 aromatic heterocycles. The van der Waals surface area contributed by atoms with Crippen molar-refractivity contribution >= 4 is 12.6 Å². The van der Waals surface area contributed by atoms with Gasteiger partial charge in [0.15, 0.2) is 0 Å². The molecule has 0 aliphatic rings. The first kappa shape index (κ1) is 8.23. The molecule has 2 N–H and O–H groups in total. The molecule has 4 heteroatoms. The van der Waals surface area contributed by atoms with Crippen LogP contribution in [0.3, 0.4) is 0 Å². The first-order valence-electron chi connectivity index (χ1n) is 3.40. The largest absolute Gasteiger partial charge is 0.490 e. The summed E-state index contributed by atoms with van der Waals surface area (Å²) >= 11 is 0. The van der Waals surface area contributed by atoms with Gasteiger partial charge < -0.3 is 10.0 Å². The van der Waals surface area contributed by atoms with Gasteiger partial charge in [-0.2, -0.15) is 0 Å². The highest BCUT2D eigenvalue weighted by Crippen LogP contribution is 1.94. The number of hydrogen-bond donors (Lipinski definition) is 2. The predicted octanol–water partition coefficient (Wildman–Crippen LogP) is -0.622. The Morgan fingerprint density at radius 1 is 1.36 bits per heavy atom. The van der Waals surface area contributed by atoms with Crippen LogP contribution in [-0.2, 0) is 0 Å². The van der Waals surface area contributed by atoms with E-state index in [1.165, 1.54) is 0 Å². The lowest BCUT2D eigenvalue weighted by Crippen LogP contribution is -2.32. The average Bonchev–Trinajstić information content (AvgIpc) is 1.94. The van der Waals surface area contributed by atoms with E-state index in [1.807, 2.05) is 6.92 Å². The highest BCUT2D eigenvalue weighted by molar-refractivity contribution is 6.59. The molecule has 1 heterocycles. The van der Waals surface area contributed by atoms with E-state index in [2.05, 4.69) is 4.98 Å². The molecule has 0 amide bonds. The third-order valence-electron chi connectivity index (χ3n) is 1.54. The minimum absolute atomic E-state index is 0.477. The average molecular weight is 151 g/mol. The van der Waals surface area contributed by atoms with Crippen LogP contribution in [0.15, 0.2) is 12.3 Å². The Kier molecular flexibility index (Phi) is 2.26. The van der Waals surface area contributed by atoms with Crippen molar-refractivity contribution in [2.45, 2.75) is 13.8 Å². The SMILES string of the molecule is Cc1cnc(C)c(B(O)O)c1. The van der Waals surface area contributed by atoms with Crippen molar-refractivity contribution in [2.75, 3.05) is 0 Å². The van der Waals surface area contributed by atoms with E-state index in [0.29, 0.717) is 11.2 Å².